The first-order valence-electron chi connectivity index (χ1n) is 37.2. The van der Waals surface area contributed by atoms with Crippen molar-refractivity contribution < 1.29 is 62.0 Å². The maximum absolute atomic E-state index is 14.6. The highest BCUT2D eigenvalue weighted by molar-refractivity contribution is 6.04. The Labute approximate surface area is 592 Å². The van der Waals surface area contributed by atoms with Gasteiger partial charge in [0, 0.05) is 107 Å². The van der Waals surface area contributed by atoms with Crippen molar-refractivity contribution in [1.82, 2.24) is 0 Å². The number of carbonyl (C=O) groups excluding carboxylic acids is 8. The van der Waals surface area contributed by atoms with Gasteiger partial charge in [0.1, 0.15) is 29.6 Å². The van der Waals surface area contributed by atoms with E-state index in [0.29, 0.717) is 151 Å². The number of ether oxygens (including phenoxy) is 5. The molecule has 4 aliphatic rings. The highest BCUT2D eigenvalue weighted by Crippen LogP contribution is 2.41. The molecular formula is C83H108N4O13. The zero-order valence-electron chi connectivity index (χ0n) is 60.5. The summed E-state index contributed by atoms with van der Waals surface area (Å²) < 4.78 is 30.4. The lowest BCUT2D eigenvalue weighted by atomic mass is 9.88. The Morgan fingerprint density at radius 2 is 0.670 bits per heavy atom. The average molecular weight is 1370 g/mol. The largest absolute Gasteiger partial charge is 0.493 e. The Balaban J connectivity index is 0.856. The molecule has 0 aromatic heterocycles. The van der Waals surface area contributed by atoms with Crippen LogP contribution < -0.4 is 40.2 Å². The fraction of sp³-hybridized carbons (Fsp3) is 0.542. The van der Waals surface area contributed by atoms with Crippen LogP contribution in [0.25, 0.3) is 0 Å². The molecule has 5 aromatic carbocycles. The van der Waals surface area contributed by atoms with Crippen molar-refractivity contribution in [3.8, 4) is 23.0 Å². The van der Waals surface area contributed by atoms with E-state index in [1.807, 2.05) is 30.3 Å². The van der Waals surface area contributed by atoms with Gasteiger partial charge in [0.2, 0.25) is 23.6 Å². The van der Waals surface area contributed by atoms with E-state index in [4.69, 9.17) is 23.7 Å². The van der Waals surface area contributed by atoms with Crippen LogP contribution in [-0.2, 0) is 30.5 Å². The van der Waals surface area contributed by atoms with Crippen LogP contribution in [0.5, 0.6) is 23.0 Å². The van der Waals surface area contributed by atoms with Gasteiger partial charge in [-0.3, -0.25) is 33.6 Å². The SMILES string of the molecule is CC(C)CCOc1cc(NC(=O)[C@H]2CCC[C@@H]2CC(=O)c2cc(NC(=O)[C@H]3CCC[C@@H]3C)cc(OCCC(C)C)c2)cc(C(=O)C[C@H]2CCC[C@@H]2C(=O)Nc2cc(OCCC(C)C)cc(C(=O)C[C@H]3CCC[C@@H]3C(=O)Nc3cc(OCCC(C)C)cc(C(=O)OCc4ccccc4)c3)c2)c1. The minimum absolute atomic E-state index is 0.0502. The topological polar surface area (TPSA) is 231 Å². The lowest BCUT2D eigenvalue weighted by Gasteiger charge is -2.21. The van der Waals surface area contributed by atoms with Crippen LogP contribution in [0.4, 0.5) is 22.7 Å². The number of Topliss-reactive ketones (excluding diaryl/α,β-unsaturated/α-hetero) is 3. The third-order valence-corrected chi connectivity index (χ3v) is 20.5. The molecule has 0 bridgehead atoms. The van der Waals surface area contributed by atoms with Crippen molar-refractivity contribution in [2.24, 2.45) is 71.0 Å². The summed E-state index contributed by atoms with van der Waals surface area (Å²) in [6.45, 7) is 20.7. The molecule has 0 saturated heterocycles. The van der Waals surface area contributed by atoms with E-state index >= 15 is 0 Å². The van der Waals surface area contributed by atoms with E-state index in [9.17, 15) is 38.4 Å². The van der Waals surface area contributed by atoms with Crippen molar-refractivity contribution in [3.63, 3.8) is 0 Å². The molecule has 17 heteroatoms. The van der Waals surface area contributed by atoms with Crippen LogP contribution in [0, 0.1) is 71.0 Å². The number of hydrogen-bond donors (Lipinski definition) is 4. The van der Waals surface area contributed by atoms with E-state index in [1.54, 1.807) is 72.8 Å². The molecule has 4 fully saturated rings. The van der Waals surface area contributed by atoms with Gasteiger partial charge in [-0.25, -0.2) is 4.79 Å². The second kappa shape index (κ2) is 36.8. The maximum Gasteiger partial charge on any atom is 0.338 e. The van der Waals surface area contributed by atoms with E-state index in [1.165, 1.54) is 0 Å². The van der Waals surface area contributed by atoms with Gasteiger partial charge in [0.05, 0.1) is 32.0 Å². The Morgan fingerprint density at radius 3 is 0.990 bits per heavy atom. The molecule has 4 aliphatic carbocycles. The fourth-order valence-corrected chi connectivity index (χ4v) is 14.5. The zero-order chi connectivity index (χ0) is 71.4. The zero-order valence-corrected chi connectivity index (χ0v) is 60.5. The molecule has 8 atom stereocenters. The number of hydrogen-bond acceptors (Lipinski definition) is 13. The lowest BCUT2D eigenvalue weighted by Crippen LogP contribution is -2.28. The molecule has 5 aromatic rings. The van der Waals surface area contributed by atoms with E-state index in [0.717, 1.165) is 69.8 Å². The molecule has 0 radical (unpaired) electrons. The van der Waals surface area contributed by atoms with Gasteiger partial charge >= 0.3 is 5.97 Å². The summed E-state index contributed by atoms with van der Waals surface area (Å²) in [6.07, 6.45) is 12.2. The Bertz CT molecular complexity index is 3640. The van der Waals surface area contributed by atoms with Gasteiger partial charge in [0.25, 0.3) is 0 Å². The molecule has 0 spiro atoms. The van der Waals surface area contributed by atoms with Crippen LogP contribution in [0.3, 0.4) is 0 Å². The molecule has 4 amide bonds. The number of anilines is 4. The van der Waals surface area contributed by atoms with Crippen LogP contribution in [-0.4, -0.2) is 73.4 Å². The Hall–Kier alpha value is -8.34. The van der Waals surface area contributed by atoms with Gasteiger partial charge < -0.3 is 45.0 Å². The number of rotatable bonds is 36. The first kappa shape index (κ1) is 75.9. The molecular weight excluding hydrogens is 1260 g/mol. The van der Waals surface area contributed by atoms with Crippen molar-refractivity contribution >= 4 is 69.7 Å². The Kier molecular flexibility index (Phi) is 27.9. The van der Waals surface area contributed by atoms with Crippen LogP contribution >= 0.6 is 0 Å². The van der Waals surface area contributed by atoms with Crippen molar-refractivity contribution in [1.29, 1.82) is 0 Å². The number of carbonyl (C=O) groups is 8. The average Bonchev–Trinajstić information content (AvgIpc) is 1.63. The van der Waals surface area contributed by atoms with Gasteiger partial charge in [-0.05, 0) is 178 Å². The van der Waals surface area contributed by atoms with Gasteiger partial charge in [0.15, 0.2) is 17.3 Å². The number of benzene rings is 5. The summed E-state index contributed by atoms with van der Waals surface area (Å²) in [6, 6.07) is 29.8. The number of amides is 4. The smallest absolute Gasteiger partial charge is 0.338 e. The van der Waals surface area contributed by atoms with Crippen molar-refractivity contribution in [3.05, 3.63) is 131 Å². The normalized spacial score (nSPS) is 20.3. The van der Waals surface area contributed by atoms with E-state index < -0.39 is 23.7 Å². The van der Waals surface area contributed by atoms with Gasteiger partial charge in [-0.1, -0.05) is 118 Å². The third-order valence-electron chi connectivity index (χ3n) is 20.5. The highest BCUT2D eigenvalue weighted by Gasteiger charge is 2.39. The van der Waals surface area contributed by atoms with Gasteiger partial charge in [-0.15, -0.1) is 0 Å². The molecule has 100 heavy (non-hydrogen) atoms. The lowest BCUT2D eigenvalue weighted by molar-refractivity contribution is -0.121. The molecule has 0 unspecified atom stereocenters. The van der Waals surface area contributed by atoms with E-state index in [-0.39, 0.29) is 102 Å². The molecule has 538 valence electrons. The minimum Gasteiger partial charge on any atom is -0.493 e. The highest BCUT2D eigenvalue weighted by atomic mass is 16.5. The third kappa shape index (κ3) is 22.6. The summed E-state index contributed by atoms with van der Waals surface area (Å²) in [4.78, 5) is 114. The quantitative estimate of drug-likeness (QED) is 0.0216. The number of esters is 1. The van der Waals surface area contributed by atoms with Crippen molar-refractivity contribution in [2.75, 3.05) is 47.7 Å². The number of nitrogens with one attached hydrogen (secondary N) is 4. The predicted octanol–water partition coefficient (Wildman–Crippen LogP) is 18.0. The van der Waals surface area contributed by atoms with Crippen molar-refractivity contribution in [2.45, 2.75) is 191 Å². The monoisotopic (exact) mass is 1370 g/mol. The molecule has 9 rings (SSSR count). The standard InChI is InChI=1S/C83H108N4O13/c1-51(2)27-31-96-68-39-60(35-64(46-68)84-79(91)72-23-13-17-55(72)9)76(88)43-57-20-14-24-73(57)80(92)85-65-36-61(40-69(47-65)97-32-28-52(3)4)77(89)44-58-21-15-25-74(58)81(93)86-66-37-62(41-70(48-66)98-33-29-53(5)6)78(90)45-59-22-16-26-75(59)82(94)87-67-38-63(42-71(49-67)99-34-30-54(7)8)83(95)100-50-56-18-11-10-12-19-56/h10-12,18-19,35-42,46-49,51-55,57-59,72-75H,13-17,20-34,43-45,50H2,1-9H3,(H,84,91)(H,85,92)(H,86,93)(H,87,94)/t55-,57+,58+,59+,72-,73-,74-,75-/m0/s1. The maximum atomic E-state index is 14.6. The van der Waals surface area contributed by atoms with Gasteiger partial charge in [-0.2, -0.15) is 0 Å². The summed E-state index contributed by atoms with van der Waals surface area (Å²) in [5.74, 6) is -0.708. The Morgan fingerprint density at radius 1 is 0.370 bits per heavy atom. The minimum atomic E-state index is -0.556. The first-order valence-corrected chi connectivity index (χ1v) is 37.2. The van der Waals surface area contributed by atoms with Crippen LogP contribution in [0.1, 0.15) is 231 Å². The first-order chi connectivity index (χ1) is 48.0. The summed E-state index contributed by atoms with van der Waals surface area (Å²) in [7, 11) is 0. The molecule has 0 heterocycles. The second-order valence-corrected chi connectivity index (χ2v) is 30.4. The number of ketones is 3. The van der Waals surface area contributed by atoms with E-state index in [2.05, 4.69) is 83.6 Å². The fourth-order valence-electron chi connectivity index (χ4n) is 14.5. The molecule has 17 nitrogen and oxygen atoms in total. The van der Waals surface area contributed by atoms with Crippen LogP contribution in [0.2, 0.25) is 0 Å². The molecule has 4 saturated carbocycles. The molecule has 0 aliphatic heterocycles. The van der Waals surface area contributed by atoms with Crippen LogP contribution in [0.15, 0.2) is 103 Å². The predicted molar refractivity (Wildman–Crippen MR) is 391 cm³/mol. The summed E-state index contributed by atoms with van der Waals surface area (Å²) >= 11 is 0. The summed E-state index contributed by atoms with van der Waals surface area (Å²) in [5.41, 5.74) is 3.90. The summed E-state index contributed by atoms with van der Waals surface area (Å²) in [5, 5.41) is 12.4. The second-order valence-electron chi connectivity index (χ2n) is 30.4. The molecule has 4 N–H and O–H groups in total.